The lowest BCUT2D eigenvalue weighted by Crippen LogP contribution is -2.47. The Balaban J connectivity index is 1.29. The molecule has 4 heterocycles. The maximum atomic E-state index is 13.0. The Kier molecular flexibility index (Phi) is 5.92. The van der Waals surface area contributed by atoms with E-state index in [2.05, 4.69) is 22.8 Å². The number of rotatable bonds is 5. The van der Waals surface area contributed by atoms with Gasteiger partial charge < -0.3 is 9.80 Å². The standard InChI is InChI=1S/C21H31N5O2/c1-2-16-12-23-24-20(16)17-5-8-25(9-6-17)21(28)18-10-19(27)26(14-18)13-15-4-3-7-22-11-15/h3-4,7,11,16-18,20,23-24H,2,5-6,8-10,12-14H2,1H3. The number of nitrogens with zero attached hydrogens (tertiary/aromatic N) is 3. The number of carbonyl (C=O) groups is 2. The van der Waals surface area contributed by atoms with Gasteiger partial charge in [0.2, 0.25) is 11.8 Å². The average molecular weight is 386 g/mol. The second-order valence-corrected chi connectivity index (χ2v) is 8.42. The monoisotopic (exact) mass is 385 g/mol. The molecule has 0 aliphatic carbocycles. The van der Waals surface area contributed by atoms with Crippen molar-refractivity contribution in [3.05, 3.63) is 30.1 Å². The maximum Gasteiger partial charge on any atom is 0.227 e. The van der Waals surface area contributed by atoms with E-state index >= 15 is 0 Å². The lowest BCUT2D eigenvalue weighted by molar-refractivity contribution is -0.137. The van der Waals surface area contributed by atoms with Crippen molar-refractivity contribution in [1.82, 2.24) is 25.6 Å². The number of hydrazine groups is 1. The van der Waals surface area contributed by atoms with Gasteiger partial charge in [-0.25, -0.2) is 0 Å². The summed E-state index contributed by atoms with van der Waals surface area (Å²) in [6.45, 7) is 5.98. The van der Waals surface area contributed by atoms with Crippen molar-refractivity contribution >= 4 is 11.8 Å². The molecule has 7 heteroatoms. The fraction of sp³-hybridized carbons (Fsp3) is 0.667. The van der Waals surface area contributed by atoms with Crippen LogP contribution in [0.3, 0.4) is 0 Å². The van der Waals surface area contributed by atoms with Crippen molar-refractivity contribution in [2.24, 2.45) is 17.8 Å². The molecular formula is C21H31N5O2. The molecular weight excluding hydrogens is 354 g/mol. The minimum Gasteiger partial charge on any atom is -0.342 e. The number of hydrogen-bond acceptors (Lipinski definition) is 5. The van der Waals surface area contributed by atoms with E-state index in [4.69, 9.17) is 0 Å². The van der Waals surface area contributed by atoms with Crippen LogP contribution >= 0.6 is 0 Å². The quantitative estimate of drug-likeness (QED) is 0.796. The van der Waals surface area contributed by atoms with E-state index in [1.54, 1.807) is 17.3 Å². The number of carbonyl (C=O) groups excluding carboxylic acids is 2. The number of aromatic nitrogens is 1. The molecule has 0 aromatic carbocycles. The van der Waals surface area contributed by atoms with E-state index in [1.807, 2.05) is 17.0 Å². The highest BCUT2D eigenvalue weighted by atomic mass is 16.2. The van der Waals surface area contributed by atoms with E-state index < -0.39 is 0 Å². The molecule has 3 atom stereocenters. The summed E-state index contributed by atoms with van der Waals surface area (Å²) in [6, 6.07) is 4.36. The van der Waals surface area contributed by atoms with E-state index in [1.165, 1.54) is 6.42 Å². The van der Waals surface area contributed by atoms with Crippen LogP contribution in [0.5, 0.6) is 0 Å². The van der Waals surface area contributed by atoms with E-state index in [-0.39, 0.29) is 17.7 Å². The Morgan fingerprint density at radius 3 is 2.86 bits per heavy atom. The van der Waals surface area contributed by atoms with Gasteiger partial charge in [0, 0.05) is 57.6 Å². The van der Waals surface area contributed by atoms with Crippen LogP contribution in [0.1, 0.15) is 38.2 Å². The largest absolute Gasteiger partial charge is 0.342 e. The molecule has 0 radical (unpaired) electrons. The molecule has 3 aliphatic heterocycles. The van der Waals surface area contributed by atoms with Crippen LogP contribution in [0.4, 0.5) is 0 Å². The van der Waals surface area contributed by atoms with Crippen LogP contribution in [0.25, 0.3) is 0 Å². The van der Waals surface area contributed by atoms with E-state index in [9.17, 15) is 9.59 Å². The molecule has 3 aliphatic rings. The van der Waals surface area contributed by atoms with Gasteiger partial charge in [-0.3, -0.25) is 25.4 Å². The molecule has 28 heavy (non-hydrogen) atoms. The van der Waals surface area contributed by atoms with Crippen LogP contribution in [0.2, 0.25) is 0 Å². The fourth-order valence-electron chi connectivity index (χ4n) is 4.99. The van der Waals surface area contributed by atoms with Crippen molar-refractivity contribution < 1.29 is 9.59 Å². The summed E-state index contributed by atoms with van der Waals surface area (Å²) < 4.78 is 0. The molecule has 1 aromatic heterocycles. The van der Waals surface area contributed by atoms with Crippen molar-refractivity contribution in [2.75, 3.05) is 26.2 Å². The zero-order valence-electron chi connectivity index (χ0n) is 16.6. The first-order valence-electron chi connectivity index (χ1n) is 10.6. The highest BCUT2D eigenvalue weighted by Crippen LogP contribution is 2.30. The van der Waals surface area contributed by atoms with Crippen LogP contribution in [-0.4, -0.2) is 58.8 Å². The SMILES string of the molecule is CCC1CNNC1C1CCN(C(=O)C2CC(=O)N(Cc3cccnc3)C2)CC1. The third-order valence-corrected chi connectivity index (χ3v) is 6.68. The Labute approximate surface area is 166 Å². The first-order chi connectivity index (χ1) is 13.7. The summed E-state index contributed by atoms with van der Waals surface area (Å²) in [5, 5.41) is 0. The first-order valence-corrected chi connectivity index (χ1v) is 10.6. The molecule has 4 rings (SSSR count). The van der Waals surface area contributed by atoms with Crippen LogP contribution < -0.4 is 10.9 Å². The summed E-state index contributed by atoms with van der Waals surface area (Å²) >= 11 is 0. The fourth-order valence-corrected chi connectivity index (χ4v) is 4.99. The second kappa shape index (κ2) is 8.57. The number of piperidine rings is 1. The van der Waals surface area contributed by atoms with Crippen molar-refractivity contribution in [3.63, 3.8) is 0 Å². The summed E-state index contributed by atoms with van der Waals surface area (Å²) in [7, 11) is 0. The minimum absolute atomic E-state index is 0.0732. The van der Waals surface area contributed by atoms with Crippen molar-refractivity contribution in [2.45, 2.75) is 45.2 Å². The molecule has 152 valence electrons. The highest BCUT2D eigenvalue weighted by Gasteiger charge is 2.39. The molecule has 0 saturated carbocycles. The lowest BCUT2D eigenvalue weighted by atomic mass is 9.82. The Bertz CT molecular complexity index is 689. The zero-order chi connectivity index (χ0) is 19.5. The normalized spacial score (nSPS) is 28.9. The van der Waals surface area contributed by atoms with E-state index in [0.717, 1.165) is 38.0 Å². The van der Waals surface area contributed by atoms with Crippen LogP contribution in [0, 0.1) is 17.8 Å². The van der Waals surface area contributed by atoms with Crippen molar-refractivity contribution in [1.29, 1.82) is 0 Å². The second-order valence-electron chi connectivity index (χ2n) is 8.42. The Morgan fingerprint density at radius 1 is 1.32 bits per heavy atom. The third-order valence-electron chi connectivity index (χ3n) is 6.68. The average Bonchev–Trinajstić information content (AvgIpc) is 3.35. The van der Waals surface area contributed by atoms with E-state index in [0.29, 0.717) is 37.4 Å². The number of nitrogens with one attached hydrogen (secondary N) is 2. The number of hydrogen-bond donors (Lipinski definition) is 2. The van der Waals surface area contributed by atoms with Gasteiger partial charge in [-0.05, 0) is 36.3 Å². The minimum atomic E-state index is -0.199. The Hall–Kier alpha value is -1.99. The van der Waals surface area contributed by atoms with Crippen LogP contribution in [0.15, 0.2) is 24.5 Å². The van der Waals surface area contributed by atoms with Gasteiger partial charge in [-0.1, -0.05) is 19.4 Å². The topological polar surface area (TPSA) is 77.6 Å². The first kappa shape index (κ1) is 19.3. The highest BCUT2D eigenvalue weighted by molar-refractivity contribution is 5.89. The third kappa shape index (κ3) is 4.05. The maximum absolute atomic E-state index is 13.0. The van der Waals surface area contributed by atoms with Gasteiger partial charge in [0.1, 0.15) is 0 Å². The van der Waals surface area contributed by atoms with Gasteiger partial charge in [0.05, 0.1) is 5.92 Å². The molecule has 1 aromatic rings. The summed E-state index contributed by atoms with van der Waals surface area (Å²) in [5.41, 5.74) is 7.76. The molecule has 2 amide bonds. The predicted octanol–water partition coefficient (Wildman–Crippen LogP) is 1.17. The molecule has 7 nitrogen and oxygen atoms in total. The van der Waals surface area contributed by atoms with Gasteiger partial charge in [0.15, 0.2) is 0 Å². The number of pyridine rings is 1. The predicted molar refractivity (Wildman–Crippen MR) is 106 cm³/mol. The number of likely N-dealkylation sites (tertiary alicyclic amines) is 2. The molecule has 0 bridgehead atoms. The zero-order valence-corrected chi connectivity index (χ0v) is 16.6. The summed E-state index contributed by atoms with van der Waals surface area (Å²) in [5.74, 6) is 1.33. The molecule has 3 unspecified atom stereocenters. The molecule has 3 fully saturated rings. The van der Waals surface area contributed by atoms with Crippen molar-refractivity contribution in [3.8, 4) is 0 Å². The molecule has 0 spiro atoms. The van der Waals surface area contributed by atoms with Gasteiger partial charge in [-0.15, -0.1) is 0 Å². The van der Waals surface area contributed by atoms with Gasteiger partial charge in [-0.2, -0.15) is 0 Å². The molecule has 2 N–H and O–H groups in total. The smallest absolute Gasteiger partial charge is 0.227 e. The van der Waals surface area contributed by atoms with Gasteiger partial charge in [0.25, 0.3) is 0 Å². The summed E-state index contributed by atoms with van der Waals surface area (Å²) in [6.07, 6.45) is 7.11. The number of amides is 2. The lowest BCUT2D eigenvalue weighted by Gasteiger charge is -2.37. The van der Waals surface area contributed by atoms with Crippen LogP contribution in [-0.2, 0) is 16.1 Å². The summed E-state index contributed by atoms with van der Waals surface area (Å²) in [4.78, 5) is 33.3. The molecule has 3 saturated heterocycles. The Morgan fingerprint density at radius 2 is 2.14 bits per heavy atom. The van der Waals surface area contributed by atoms with Gasteiger partial charge >= 0.3 is 0 Å².